The Morgan fingerprint density at radius 2 is 0.605 bits per heavy atom. The summed E-state index contributed by atoms with van der Waals surface area (Å²) in [6.07, 6.45) is 0. The van der Waals surface area contributed by atoms with Crippen LogP contribution in [0.5, 0.6) is 0 Å². The molecule has 0 fully saturated rings. The summed E-state index contributed by atoms with van der Waals surface area (Å²) in [7, 11) is 0. The number of aryl methyl sites for hydroxylation is 2. The molecule has 0 amide bonds. The van der Waals surface area contributed by atoms with E-state index < -0.39 is 23.9 Å². The first-order valence-electron chi connectivity index (χ1n) is 11.4. The molecule has 0 spiro atoms. The van der Waals surface area contributed by atoms with E-state index in [4.69, 9.17) is 0 Å². The summed E-state index contributed by atoms with van der Waals surface area (Å²) in [5.74, 6) is -2.82. The van der Waals surface area contributed by atoms with E-state index in [1.54, 1.807) is 109 Å². The minimum Gasteiger partial charge on any atom is -0.242 e. The Kier molecular flexibility index (Phi) is 9.89. The van der Waals surface area contributed by atoms with Gasteiger partial charge in [-0.15, -0.1) is 0 Å². The van der Waals surface area contributed by atoms with Crippen molar-refractivity contribution in [2.45, 2.75) is 13.8 Å². The Bertz CT molecular complexity index is 1250. The number of benzene rings is 4. The number of carbonyl (C=O) groups excluding carboxylic acids is 4. The van der Waals surface area contributed by atoms with E-state index in [1.807, 2.05) is 13.8 Å². The van der Waals surface area contributed by atoms with Crippen molar-refractivity contribution >= 4 is 23.9 Å². The van der Waals surface area contributed by atoms with Crippen LogP contribution in [0.25, 0.3) is 0 Å². The number of carbonyl (C=O) groups is 4. The van der Waals surface area contributed by atoms with Gasteiger partial charge in [0.25, 0.3) is 0 Å². The highest BCUT2D eigenvalue weighted by atomic mass is 17.2. The zero-order chi connectivity index (χ0) is 27.3. The Labute approximate surface area is 219 Å². The van der Waals surface area contributed by atoms with Crippen LogP contribution in [-0.2, 0) is 19.6 Å². The van der Waals surface area contributed by atoms with E-state index >= 15 is 0 Å². The lowest BCUT2D eigenvalue weighted by molar-refractivity contribution is -0.187. The van der Waals surface area contributed by atoms with E-state index in [0.29, 0.717) is 22.3 Å². The maximum atomic E-state index is 11.6. The largest absolute Gasteiger partial charge is 0.386 e. The summed E-state index contributed by atoms with van der Waals surface area (Å²) in [6.45, 7) is 3.82. The maximum Gasteiger partial charge on any atom is 0.386 e. The fraction of sp³-hybridized carbons (Fsp3) is 0.0667. The van der Waals surface area contributed by atoms with Crippen LogP contribution in [0.1, 0.15) is 52.6 Å². The summed E-state index contributed by atoms with van der Waals surface area (Å²) < 4.78 is 0. The van der Waals surface area contributed by atoms with Gasteiger partial charge >= 0.3 is 23.9 Å². The molecule has 4 aromatic carbocycles. The fourth-order valence-electron chi connectivity index (χ4n) is 2.87. The summed E-state index contributed by atoms with van der Waals surface area (Å²) in [5, 5.41) is 0. The summed E-state index contributed by atoms with van der Waals surface area (Å²) in [6, 6.07) is 30.1. The second-order valence-electron chi connectivity index (χ2n) is 7.95. The number of hydrogen-bond acceptors (Lipinski definition) is 8. The van der Waals surface area contributed by atoms with Crippen molar-refractivity contribution in [2.24, 2.45) is 0 Å². The average Bonchev–Trinajstić information content (AvgIpc) is 2.96. The van der Waals surface area contributed by atoms with Gasteiger partial charge in [0, 0.05) is 0 Å². The van der Waals surface area contributed by atoms with Gasteiger partial charge in [0.1, 0.15) is 0 Å². The van der Waals surface area contributed by atoms with Crippen molar-refractivity contribution in [3.8, 4) is 0 Å². The highest BCUT2D eigenvalue weighted by Gasteiger charge is 2.14. The molecular weight excluding hydrogens is 488 g/mol. The molecule has 4 aromatic rings. The van der Waals surface area contributed by atoms with E-state index in [9.17, 15) is 19.2 Å². The third-order valence-corrected chi connectivity index (χ3v) is 4.98. The zero-order valence-electron chi connectivity index (χ0n) is 20.7. The Morgan fingerprint density at radius 3 is 0.868 bits per heavy atom. The maximum absolute atomic E-state index is 11.6. The lowest BCUT2D eigenvalue weighted by Crippen LogP contribution is -2.11. The van der Waals surface area contributed by atoms with E-state index in [0.717, 1.165) is 11.1 Å². The molecule has 8 nitrogen and oxygen atoms in total. The van der Waals surface area contributed by atoms with Gasteiger partial charge in [-0.2, -0.15) is 0 Å². The Hall–Kier alpha value is -5.24. The number of hydrogen-bond donors (Lipinski definition) is 0. The molecule has 0 bridgehead atoms. The third kappa shape index (κ3) is 8.46. The van der Waals surface area contributed by atoms with Gasteiger partial charge in [0.15, 0.2) is 0 Å². The smallest absolute Gasteiger partial charge is 0.242 e. The number of rotatable bonds is 4. The molecule has 4 rings (SSSR count). The molecule has 0 aliphatic heterocycles. The topological polar surface area (TPSA) is 105 Å². The van der Waals surface area contributed by atoms with Crippen molar-refractivity contribution in [1.82, 2.24) is 0 Å². The first-order valence-corrected chi connectivity index (χ1v) is 11.4. The van der Waals surface area contributed by atoms with Crippen molar-refractivity contribution < 1.29 is 38.7 Å². The van der Waals surface area contributed by atoms with Crippen LogP contribution in [-0.4, -0.2) is 23.9 Å². The second kappa shape index (κ2) is 13.7. The van der Waals surface area contributed by atoms with Gasteiger partial charge in [-0.25, -0.2) is 38.7 Å². The highest BCUT2D eigenvalue weighted by molar-refractivity contribution is 5.93. The van der Waals surface area contributed by atoms with Crippen molar-refractivity contribution in [2.75, 3.05) is 0 Å². The van der Waals surface area contributed by atoms with E-state index in [-0.39, 0.29) is 0 Å². The quantitative estimate of drug-likeness (QED) is 0.248. The predicted octanol–water partition coefficient (Wildman–Crippen LogP) is 5.85. The van der Waals surface area contributed by atoms with Crippen molar-refractivity contribution in [1.29, 1.82) is 0 Å². The van der Waals surface area contributed by atoms with E-state index in [2.05, 4.69) is 19.6 Å². The lowest BCUT2D eigenvalue weighted by Gasteiger charge is -2.04. The third-order valence-electron chi connectivity index (χ3n) is 4.98. The molecule has 0 aliphatic carbocycles. The van der Waals surface area contributed by atoms with Crippen LogP contribution in [0.4, 0.5) is 0 Å². The molecule has 8 heteroatoms. The minimum atomic E-state index is -0.708. The molecular formula is C30H24O8. The molecule has 0 aromatic heterocycles. The summed E-state index contributed by atoms with van der Waals surface area (Å²) >= 11 is 0. The zero-order valence-corrected chi connectivity index (χ0v) is 20.7. The molecule has 0 saturated carbocycles. The van der Waals surface area contributed by atoms with Crippen LogP contribution in [0, 0.1) is 13.8 Å². The molecule has 192 valence electrons. The van der Waals surface area contributed by atoms with Crippen molar-refractivity contribution in [3.05, 3.63) is 143 Å². The van der Waals surface area contributed by atoms with Gasteiger partial charge in [-0.1, -0.05) is 71.8 Å². The van der Waals surface area contributed by atoms with E-state index in [1.165, 1.54) is 0 Å². The van der Waals surface area contributed by atoms with Crippen LogP contribution in [0.2, 0.25) is 0 Å². The lowest BCUT2D eigenvalue weighted by atomic mass is 10.1. The van der Waals surface area contributed by atoms with Gasteiger partial charge in [0.2, 0.25) is 0 Å². The molecule has 0 radical (unpaired) electrons. The first kappa shape index (κ1) is 27.3. The van der Waals surface area contributed by atoms with Crippen LogP contribution in [0.15, 0.2) is 109 Å². The monoisotopic (exact) mass is 512 g/mol. The van der Waals surface area contributed by atoms with Gasteiger partial charge in [0.05, 0.1) is 22.3 Å². The molecule has 0 heterocycles. The molecule has 0 unspecified atom stereocenters. The minimum absolute atomic E-state index is 0.318. The van der Waals surface area contributed by atoms with Gasteiger partial charge in [-0.3, -0.25) is 0 Å². The average molecular weight is 513 g/mol. The van der Waals surface area contributed by atoms with Crippen LogP contribution < -0.4 is 0 Å². The standard InChI is InChI=1S/C16H14O4.C14H10O4/c1-11-3-7-13(8-4-11)15(17)19-20-16(18)14-9-5-12(2)6-10-14;15-13(11-7-3-1-4-8-11)17-18-14(16)12-9-5-2-6-10-12/h3-10H,1-2H3;1-10H. The molecule has 0 aliphatic rings. The normalized spacial score (nSPS) is 9.74. The molecule has 38 heavy (non-hydrogen) atoms. The molecule has 0 N–H and O–H groups in total. The molecule has 0 atom stereocenters. The van der Waals surface area contributed by atoms with Gasteiger partial charge in [-0.05, 0) is 62.4 Å². The highest BCUT2D eigenvalue weighted by Crippen LogP contribution is 2.09. The van der Waals surface area contributed by atoms with Gasteiger partial charge < -0.3 is 0 Å². The molecule has 0 saturated heterocycles. The second-order valence-corrected chi connectivity index (χ2v) is 7.95. The van der Waals surface area contributed by atoms with Crippen LogP contribution >= 0.6 is 0 Å². The van der Waals surface area contributed by atoms with Crippen molar-refractivity contribution in [3.63, 3.8) is 0 Å². The SMILES string of the molecule is Cc1ccc(C(=O)OOC(=O)c2ccc(C)cc2)cc1.O=C(OOC(=O)c1ccccc1)c1ccccc1. The summed E-state index contributed by atoms with van der Waals surface area (Å²) in [5.41, 5.74) is 3.34. The first-order chi connectivity index (χ1) is 18.3. The Balaban J connectivity index is 0.000000212. The van der Waals surface area contributed by atoms with Crippen LogP contribution in [0.3, 0.4) is 0 Å². The fourth-order valence-corrected chi connectivity index (χ4v) is 2.87. The summed E-state index contributed by atoms with van der Waals surface area (Å²) in [4.78, 5) is 64.2. The Morgan fingerprint density at radius 1 is 0.368 bits per heavy atom. The predicted molar refractivity (Wildman–Crippen MR) is 137 cm³/mol.